The lowest BCUT2D eigenvalue weighted by Crippen LogP contribution is -2.46. The number of aliphatic carboxylic acids is 2. The molecule has 1 fully saturated rings. The molecule has 0 aromatic heterocycles. The molecular formula is C32H45ClN4O7. The summed E-state index contributed by atoms with van der Waals surface area (Å²) < 4.78 is 0. The van der Waals surface area contributed by atoms with E-state index in [9.17, 15) is 9.59 Å². The van der Waals surface area contributed by atoms with Crippen LogP contribution in [0.4, 0.5) is 11.4 Å². The molecule has 0 bridgehead atoms. The Bertz CT molecular complexity index is 1240. The minimum atomic E-state index is -1.82. The number of nitrogens with zero attached hydrogens (tertiary/aromatic N) is 4. The van der Waals surface area contributed by atoms with E-state index in [0.717, 1.165) is 82.1 Å². The van der Waals surface area contributed by atoms with Crippen molar-refractivity contribution >= 4 is 46.6 Å². The number of piperazine rings is 1. The van der Waals surface area contributed by atoms with Crippen LogP contribution < -0.4 is 9.80 Å². The molecule has 0 saturated carbocycles. The number of anilines is 2. The molecule has 0 aliphatic carbocycles. The smallest absolute Gasteiger partial charge is 0.414 e. The van der Waals surface area contributed by atoms with Gasteiger partial charge < -0.3 is 30.4 Å². The molecule has 1 saturated heterocycles. The largest absolute Gasteiger partial charge is 0.473 e. The van der Waals surface area contributed by atoms with Crippen molar-refractivity contribution < 1.29 is 34.9 Å². The summed E-state index contributed by atoms with van der Waals surface area (Å²) in [5.74, 6) is -4.19. The van der Waals surface area contributed by atoms with Gasteiger partial charge in [-0.2, -0.15) is 0 Å². The van der Waals surface area contributed by atoms with Crippen LogP contribution in [-0.4, -0.2) is 109 Å². The number of amides is 1. The number of halogens is 1. The Morgan fingerprint density at radius 2 is 1.52 bits per heavy atom. The fraction of sp³-hybridized carbons (Fsp3) is 0.500. The second-order valence-corrected chi connectivity index (χ2v) is 11.6. The summed E-state index contributed by atoms with van der Waals surface area (Å²) in [6.45, 7) is 6.87. The molecule has 2 heterocycles. The average Bonchev–Trinajstić information content (AvgIpc) is 2.98. The van der Waals surface area contributed by atoms with Crippen LogP contribution in [0.5, 0.6) is 0 Å². The van der Waals surface area contributed by atoms with Gasteiger partial charge >= 0.3 is 11.9 Å². The second kappa shape index (κ2) is 18.3. The number of para-hydroxylation sites is 1. The van der Waals surface area contributed by atoms with Crippen molar-refractivity contribution in [1.82, 2.24) is 9.80 Å². The zero-order valence-corrected chi connectivity index (χ0v) is 26.3. The normalized spacial score (nSPS) is 16.6. The van der Waals surface area contributed by atoms with Crippen LogP contribution in [0.2, 0.25) is 5.02 Å². The van der Waals surface area contributed by atoms with Crippen LogP contribution in [-0.2, 0) is 14.4 Å². The highest BCUT2D eigenvalue weighted by molar-refractivity contribution is 6.30. The lowest BCUT2D eigenvalue weighted by Gasteiger charge is -2.36. The van der Waals surface area contributed by atoms with Crippen molar-refractivity contribution in [1.29, 1.82) is 0 Å². The lowest BCUT2D eigenvalue weighted by molar-refractivity contribution is -0.159. The Morgan fingerprint density at radius 3 is 2.16 bits per heavy atom. The molecule has 1 amide bonds. The molecule has 11 nitrogen and oxygen atoms in total. The Kier molecular flexibility index (Phi) is 15.3. The van der Waals surface area contributed by atoms with E-state index < -0.39 is 17.9 Å². The number of carboxylic acids is 2. The Labute approximate surface area is 264 Å². The highest BCUT2D eigenvalue weighted by atomic mass is 35.5. The van der Waals surface area contributed by atoms with Gasteiger partial charge in [0.1, 0.15) is 5.92 Å². The molecule has 1 atom stereocenters. The van der Waals surface area contributed by atoms with Gasteiger partial charge in [-0.3, -0.25) is 14.5 Å². The van der Waals surface area contributed by atoms with Gasteiger partial charge in [-0.05, 0) is 76.8 Å². The molecule has 4 rings (SSSR count). The summed E-state index contributed by atoms with van der Waals surface area (Å²) in [5.41, 5.74) is 2.69. The fourth-order valence-electron chi connectivity index (χ4n) is 5.49. The van der Waals surface area contributed by atoms with Gasteiger partial charge in [0.25, 0.3) is 0 Å². The van der Waals surface area contributed by atoms with E-state index >= 15 is 0 Å². The Hall–Kier alpha value is -3.51. The summed E-state index contributed by atoms with van der Waals surface area (Å²) in [6.07, 6.45) is 5.80. The first-order chi connectivity index (χ1) is 20.6. The molecule has 2 aliphatic heterocycles. The standard InChI is InChI=1S/C30H41ClN4O2.C2H2O4.H2O/c1-32(2)16-10-18-35-28-15-7-6-13-26(28)29(36)27(30(35)37)14-5-3-4-8-17-33-19-21-34(22-20-33)25-12-9-11-24(31)23-25;3-1(4)2(5)6;/h6-7,9,11-13,15,23,27H,3-5,8,10,14,16-22H2,1-2H3;(H,3,4)(H,5,6);1H2. The number of rotatable bonds is 12. The quantitative estimate of drug-likeness (QED) is 0.203. The monoisotopic (exact) mass is 632 g/mol. The number of fused-ring (bicyclic) bond motifs is 1. The van der Waals surface area contributed by atoms with Crippen molar-refractivity contribution in [2.45, 2.75) is 38.5 Å². The number of carbonyl (C=O) groups excluding carboxylic acids is 2. The maximum atomic E-state index is 13.3. The summed E-state index contributed by atoms with van der Waals surface area (Å²) in [5, 5.41) is 15.6. The van der Waals surface area contributed by atoms with E-state index in [4.69, 9.17) is 31.4 Å². The third-order valence-corrected chi connectivity index (χ3v) is 8.01. The fourth-order valence-corrected chi connectivity index (χ4v) is 5.68. The van der Waals surface area contributed by atoms with Crippen molar-refractivity contribution in [3.8, 4) is 0 Å². The lowest BCUT2D eigenvalue weighted by atomic mass is 9.86. The van der Waals surface area contributed by atoms with E-state index in [1.807, 2.05) is 61.5 Å². The first-order valence-electron chi connectivity index (χ1n) is 14.9. The third kappa shape index (κ3) is 10.9. The first kappa shape index (κ1) is 36.7. The zero-order valence-electron chi connectivity index (χ0n) is 25.6. The minimum absolute atomic E-state index is 0. The summed E-state index contributed by atoms with van der Waals surface area (Å²) in [7, 11) is 4.08. The van der Waals surface area contributed by atoms with Crippen LogP contribution in [0.15, 0.2) is 48.5 Å². The van der Waals surface area contributed by atoms with Crippen molar-refractivity contribution in [3.05, 3.63) is 59.1 Å². The highest BCUT2D eigenvalue weighted by Crippen LogP contribution is 2.33. The number of ketones is 1. The van der Waals surface area contributed by atoms with E-state index in [-0.39, 0.29) is 17.2 Å². The summed E-state index contributed by atoms with van der Waals surface area (Å²) in [6, 6.07) is 15.7. The van der Waals surface area contributed by atoms with Crippen LogP contribution in [0.3, 0.4) is 0 Å². The average molecular weight is 633 g/mol. The topological polar surface area (TPSA) is 153 Å². The molecule has 44 heavy (non-hydrogen) atoms. The van der Waals surface area contributed by atoms with Crippen molar-refractivity contribution in [2.24, 2.45) is 5.92 Å². The molecule has 12 heteroatoms. The van der Waals surface area contributed by atoms with E-state index in [2.05, 4.69) is 20.8 Å². The van der Waals surface area contributed by atoms with Crippen molar-refractivity contribution in [2.75, 3.05) is 69.7 Å². The zero-order chi connectivity index (χ0) is 31.4. The summed E-state index contributed by atoms with van der Waals surface area (Å²) >= 11 is 6.15. The Balaban J connectivity index is 0.000000877. The molecule has 2 aromatic rings. The van der Waals surface area contributed by atoms with Gasteiger partial charge in [0.05, 0.1) is 5.69 Å². The third-order valence-electron chi connectivity index (χ3n) is 7.77. The molecule has 1 unspecified atom stereocenters. The predicted molar refractivity (Wildman–Crippen MR) is 172 cm³/mol. The molecule has 0 spiro atoms. The van der Waals surface area contributed by atoms with Crippen LogP contribution in [0, 0.1) is 5.92 Å². The number of benzene rings is 2. The van der Waals surface area contributed by atoms with Gasteiger partial charge in [0.15, 0.2) is 5.78 Å². The highest BCUT2D eigenvalue weighted by Gasteiger charge is 2.38. The summed E-state index contributed by atoms with van der Waals surface area (Å²) in [4.78, 5) is 53.6. The molecule has 2 aliphatic rings. The maximum absolute atomic E-state index is 13.3. The molecule has 242 valence electrons. The van der Waals surface area contributed by atoms with Crippen LogP contribution in [0.1, 0.15) is 48.9 Å². The van der Waals surface area contributed by atoms with Gasteiger partial charge in [-0.15, -0.1) is 0 Å². The molecule has 4 N–H and O–H groups in total. The van der Waals surface area contributed by atoms with Gasteiger partial charge in [-0.25, -0.2) is 9.59 Å². The maximum Gasteiger partial charge on any atom is 0.414 e. The number of carboxylic acid groups (broad SMARTS) is 2. The predicted octanol–water partition coefficient (Wildman–Crippen LogP) is 3.54. The molecule has 2 aromatic carbocycles. The number of hydrogen-bond donors (Lipinski definition) is 2. The van der Waals surface area contributed by atoms with Crippen LogP contribution in [0.25, 0.3) is 0 Å². The molecular weight excluding hydrogens is 588 g/mol. The number of carbonyl (C=O) groups is 4. The van der Waals surface area contributed by atoms with E-state index in [0.29, 0.717) is 18.5 Å². The molecule has 0 radical (unpaired) electrons. The number of unbranched alkanes of at least 4 members (excludes halogenated alkanes) is 3. The van der Waals surface area contributed by atoms with Gasteiger partial charge in [0, 0.05) is 49.0 Å². The number of hydrogen-bond acceptors (Lipinski definition) is 7. The number of Topliss-reactive ketones (excluding diaryl/α,β-unsaturated/α-hetero) is 1. The van der Waals surface area contributed by atoms with E-state index in [1.165, 1.54) is 5.69 Å². The SMILES string of the molecule is CN(C)CCCN1C(=O)C(CCCCCCN2CCN(c3cccc(Cl)c3)CC2)C(=O)c2ccccc21.O.O=C(O)C(=O)O. The van der Waals surface area contributed by atoms with Crippen LogP contribution >= 0.6 is 11.6 Å². The first-order valence-corrected chi connectivity index (χ1v) is 15.2. The van der Waals surface area contributed by atoms with Gasteiger partial charge in [0.2, 0.25) is 5.91 Å². The van der Waals surface area contributed by atoms with Crippen molar-refractivity contribution in [3.63, 3.8) is 0 Å². The second-order valence-electron chi connectivity index (χ2n) is 11.2. The van der Waals surface area contributed by atoms with E-state index in [1.54, 1.807) is 0 Å². The minimum Gasteiger partial charge on any atom is -0.473 e. The van der Waals surface area contributed by atoms with Gasteiger partial charge in [-0.1, -0.05) is 49.1 Å². The Morgan fingerprint density at radius 1 is 0.864 bits per heavy atom.